The molecule has 1 fully saturated rings. The van der Waals surface area contributed by atoms with Gasteiger partial charge in [0.15, 0.2) is 0 Å². The number of carbonyl (C=O) groups is 1. The van der Waals surface area contributed by atoms with Gasteiger partial charge in [0.2, 0.25) is 10.0 Å². The van der Waals surface area contributed by atoms with Crippen molar-refractivity contribution in [1.82, 2.24) is 4.31 Å². The zero-order valence-corrected chi connectivity index (χ0v) is 14.3. The summed E-state index contributed by atoms with van der Waals surface area (Å²) in [6, 6.07) is 4.90. The standard InChI is InChI=1S/C14H18BrNO4S/c1-9-3-6-12(15)7-13(9)21(19,20)16-8-11(14(17)18)5-4-10(16)2/h3,6-7,10-11H,4-5,8H2,1-2H3,(H,17,18). The Hall–Kier alpha value is -0.920. The molecule has 1 saturated heterocycles. The molecule has 1 heterocycles. The minimum Gasteiger partial charge on any atom is -0.481 e. The van der Waals surface area contributed by atoms with Gasteiger partial charge >= 0.3 is 5.97 Å². The van der Waals surface area contributed by atoms with Gasteiger partial charge in [-0.2, -0.15) is 4.31 Å². The summed E-state index contributed by atoms with van der Waals surface area (Å²) in [5, 5.41) is 9.15. The minimum atomic E-state index is -3.69. The van der Waals surface area contributed by atoms with Crippen molar-refractivity contribution >= 4 is 31.9 Å². The summed E-state index contributed by atoms with van der Waals surface area (Å²) >= 11 is 3.29. The summed E-state index contributed by atoms with van der Waals surface area (Å²) in [4.78, 5) is 11.4. The summed E-state index contributed by atoms with van der Waals surface area (Å²) in [5.74, 6) is -1.57. The van der Waals surface area contributed by atoms with E-state index in [4.69, 9.17) is 5.11 Å². The lowest BCUT2D eigenvalue weighted by molar-refractivity contribution is -0.143. The van der Waals surface area contributed by atoms with Gasteiger partial charge in [0.1, 0.15) is 0 Å². The van der Waals surface area contributed by atoms with Gasteiger partial charge in [-0.05, 0) is 44.4 Å². The highest BCUT2D eigenvalue weighted by Crippen LogP contribution is 2.30. The number of hydrogen-bond acceptors (Lipinski definition) is 3. The molecule has 0 bridgehead atoms. The van der Waals surface area contributed by atoms with E-state index >= 15 is 0 Å². The second-order valence-electron chi connectivity index (χ2n) is 5.45. The molecule has 2 rings (SSSR count). The van der Waals surface area contributed by atoms with Gasteiger partial charge in [-0.1, -0.05) is 22.0 Å². The lowest BCUT2D eigenvalue weighted by atomic mass is 9.96. The molecule has 0 saturated carbocycles. The van der Waals surface area contributed by atoms with Crippen LogP contribution in [0.15, 0.2) is 27.6 Å². The summed E-state index contributed by atoms with van der Waals surface area (Å²) in [7, 11) is -3.69. The monoisotopic (exact) mass is 375 g/mol. The van der Waals surface area contributed by atoms with E-state index in [2.05, 4.69) is 15.9 Å². The average Bonchev–Trinajstić information content (AvgIpc) is 2.41. The number of aryl methyl sites for hydroxylation is 1. The van der Waals surface area contributed by atoms with Gasteiger partial charge in [-0.15, -0.1) is 0 Å². The fourth-order valence-corrected chi connectivity index (χ4v) is 5.06. The van der Waals surface area contributed by atoms with Crippen molar-refractivity contribution in [2.75, 3.05) is 6.54 Å². The summed E-state index contributed by atoms with van der Waals surface area (Å²) in [6.07, 6.45) is 1.07. The zero-order valence-electron chi connectivity index (χ0n) is 11.9. The first-order valence-corrected chi connectivity index (χ1v) is 8.97. The number of carboxylic acid groups (broad SMARTS) is 1. The van der Waals surface area contributed by atoms with Crippen LogP contribution < -0.4 is 0 Å². The minimum absolute atomic E-state index is 0.0325. The second kappa shape index (κ2) is 6.06. The van der Waals surface area contributed by atoms with E-state index in [0.29, 0.717) is 22.9 Å². The van der Waals surface area contributed by atoms with Crippen molar-refractivity contribution < 1.29 is 18.3 Å². The molecule has 5 nitrogen and oxygen atoms in total. The van der Waals surface area contributed by atoms with Gasteiger partial charge in [0.05, 0.1) is 10.8 Å². The third-order valence-electron chi connectivity index (χ3n) is 3.91. The Morgan fingerprint density at radius 2 is 2.05 bits per heavy atom. The molecular formula is C14H18BrNO4S. The molecule has 0 amide bonds. The third-order valence-corrected chi connectivity index (χ3v) is 6.53. The van der Waals surface area contributed by atoms with Crippen molar-refractivity contribution in [3.8, 4) is 0 Å². The van der Waals surface area contributed by atoms with Crippen LogP contribution in [0.5, 0.6) is 0 Å². The van der Waals surface area contributed by atoms with Crippen molar-refractivity contribution in [2.45, 2.75) is 37.6 Å². The van der Waals surface area contributed by atoms with Gasteiger partial charge in [0, 0.05) is 17.1 Å². The molecule has 0 spiro atoms. The predicted molar refractivity (Wildman–Crippen MR) is 82.6 cm³/mol. The van der Waals surface area contributed by atoms with Crippen LogP contribution in [0.1, 0.15) is 25.3 Å². The van der Waals surface area contributed by atoms with Crippen molar-refractivity contribution in [2.24, 2.45) is 5.92 Å². The molecule has 21 heavy (non-hydrogen) atoms. The fourth-order valence-electron chi connectivity index (χ4n) is 2.59. The van der Waals surface area contributed by atoms with E-state index in [1.165, 1.54) is 4.31 Å². The van der Waals surface area contributed by atoms with Crippen LogP contribution in [-0.2, 0) is 14.8 Å². The molecule has 0 aromatic heterocycles. The zero-order chi connectivity index (χ0) is 15.8. The Labute approximate surface area is 133 Å². The first-order chi connectivity index (χ1) is 9.73. The van der Waals surface area contributed by atoms with E-state index in [1.54, 1.807) is 25.1 Å². The number of carboxylic acids is 1. The molecule has 1 aromatic rings. The number of hydrogen-bond donors (Lipinski definition) is 1. The maximum Gasteiger partial charge on any atom is 0.307 e. The molecule has 1 aliphatic rings. The van der Waals surface area contributed by atoms with Crippen LogP contribution in [0, 0.1) is 12.8 Å². The Morgan fingerprint density at radius 3 is 2.67 bits per heavy atom. The molecule has 1 N–H and O–H groups in total. The van der Waals surface area contributed by atoms with Crippen LogP contribution in [0.25, 0.3) is 0 Å². The summed E-state index contributed by atoms with van der Waals surface area (Å²) in [5.41, 5.74) is 0.655. The predicted octanol–water partition coefficient (Wildman–Crippen LogP) is 2.63. The average molecular weight is 376 g/mol. The maximum absolute atomic E-state index is 12.9. The Bertz CT molecular complexity index is 659. The quantitative estimate of drug-likeness (QED) is 0.880. The normalized spacial score (nSPS) is 24.0. The lowest BCUT2D eigenvalue weighted by Crippen LogP contribution is -2.47. The first-order valence-electron chi connectivity index (χ1n) is 6.74. The van der Waals surface area contributed by atoms with Crippen LogP contribution in [0.3, 0.4) is 0 Å². The number of benzene rings is 1. The molecular weight excluding hydrogens is 358 g/mol. The van der Waals surface area contributed by atoms with E-state index in [0.717, 1.165) is 0 Å². The highest BCUT2D eigenvalue weighted by molar-refractivity contribution is 9.10. The molecule has 7 heteroatoms. The number of nitrogens with zero attached hydrogens (tertiary/aromatic N) is 1. The largest absolute Gasteiger partial charge is 0.481 e. The van der Waals surface area contributed by atoms with E-state index in [1.807, 2.05) is 6.92 Å². The van der Waals surface area contributed by atoms with E-state index in [-0.39, 0.29) is 17.5 Å². The topological polar surface area (TPSA) is 74.7 Å². The van der Waals surface area contributed by atoms with Gasteiger partial charge in [0.25, 0.3) is 0 Å². The molecule has 1 aliphatic heterocycles. The lowest BCUT2D eigenvalue weighted by Gasteiger charge is -2.35. The van der Waals surface area contributed by atoms with Gasteiger partial charge in [-0.25, -0.2) is 8.42 Å². The third kappa shape index (κ3) is 3.30. The molecule has 0 radical (unpaired) electrons. The number of rotatable bonds is 3. The highest BCUT2D eigenvalue weighted by Gasteiger charge is 2.37. The first kappa shape index (κ1) is 16.5. The van der Waals surface area contributed by atoms with E-state index in [9.17, 15) is 13.2 Å². The van der Waals surface area contributed by atoms with Crippen LogP contribution in [0.4, 0.5) is 0 Å². The Morgan fingerprint density at radius 1 is 1.38 bits per heavy atom. The van der Waals surface area contributed by atoms with Crippen molar-refractivity contribution in [3.63, 3.8) is 0 Å². The van der Waals surface area contributed by atoms with E-state index < -0.39 is 21.9 Å². The molecule has 0 aliphatic carbocycles. The van der Waals surface area contributed by atoms with Crippen molar-refractivity contribution in [1.29, 1.82) is 0 Å². The van der Waals surface area contributed by atoms with Crippen LogP contribution in [-0.4, -0.2) is 36.4 Å². The Balaban J connectivity index is 2.42. The van der Waals surface area contributed by atoms with Gasteiger partial charge in [-0.3, -0.25) is 4.79 Å². The molecule has 2 atom stereocenters. The van der Waals surface area contributed by atoms with Crippen molar-refractivity contribution in [3.05, 3.63) is 28.2 Å². The number of aliphatic carboxylic acids is 1. The number of sulfonamides is 1. The fraction of sp³-hybridized carbons (Fsp3) is 0.500. The van der Waals surface area contributed by atoms with Crippen LogP contribution in [0.2, 0.25) is 0 Å². The maximum atomic E-state index is 12.9. The molecule has 2 unspecified atom stereocenters. The SMILES string of the molecule is Cc1ccc(Br)cc1S(=O)(=O)N1CC(C(=O)O)CCC1C. The molecule has 116 valence electrons. The number of piperidine rings is 1. The number of halogens is 1. The Kier molecular flexibility index (Phi) is 4.75. The highest BCUT2D eigenvalue weighted by atomic mass is 79.9. The molecule has 1 aromatic carbocycles. The smallest absolute Gasteiger partial charge is 0.307 e. The summed E-state index contributed by atoms with van der Waals surface area (Å²) < 4.78 is 27.7. The second-order valence-corrected chi connectivity index (χ2v) is 8.22. The van der Waals surface area contributed by atoms with Crippen LogP contribution >= 0.6 is 15.9 Å². The summed E-state index contributed by atoms with van der Waals surface area (Å²) in [6.45, 7) is 3.59. The van der Waals surface area contributed by atoms with Gasteiger partial charge < -0.3 is 5.11 Å².